The molecule has 2 aliphatic rings. The Morgan fingerprint density at radius 1 is 1.17 bits per heavy atom. The summed E-state index contributed by atoms with van der Waals surface area (Å²) >= 11 is 1.52. The van der Waals surface area contributed by atoms with Crippen molar-refractivity contribution >= 4 is 35.6 Å². The molecule has 3 rings (SSSR count). The number of rotatable bonds is 3. The Kier molecular flexibility index (Phi) is 7.03. The predicted molar refractivity (Wildman–Crippen MR) is 95.6 cm³/mol. The van der Waals surface area contributed by atoms with Crippen LogP contribution in [0.25, 0.3) is 0 Å². The summed E-state index contributed by atoms with van der Waals surface area (Å²) in [6.07, 6.45) is 1.70. The van der Waals surface area contributed by atoms with Crippen LogP contribution >= 0.6 is 23.7 Å². The number of piperazine rings is 1. The summed E-state index contributed by atoms with van der Waals surface area (Å²) < 4.78 is 5.33. The van der Waals surface area contributed by atoms with Gasteiger partial charge in [-0.3, -0.25) is 9.59 Å². The number of thiophene rings is 1. The Balaban J connectivity index is 0.00000208. The molecule has 1 aromatic heterocycles. The van der Waals surface area contributed by atoms with Gasteiger partial charge < -0.3 is 20.3 Å². The van der Waals surface area contributed by atoms with E-state index in [0.29, 0.717) is 39.4 Å². The first-order chi connectivity index (χ1) is 11.2. The number of carbonyl (C=O) groups excluding carboxylic acids is 2. The number of carbonyl (C=O) groups is 2. The van der Waals surface area contributed by atoms with Gasteiger partial charge in [0.15, 0.2) is 0 Å². The summed E-state index contributed by atoms with van der Waals surface area (Å²) in [6, 6.07) is 1.39. The third-order valence-corrected chi connectivity index (χ3v) is 5.39. The first kappa shape index (κ1) is 19.2. The summed E-state index contributed by atoms with van der Waals surface area (Å²) in [7, 11) is 0. The van der Waals surface area contributed by atoms with Crippen LogP contribution in [0.4, 0.5) is 0 Å². The van der Waals surface area contributed by atoms with Crippen LogP contribution < -0.4 is 5.73 Å². The molecule has 2 fully saturated rings. The predicted octanol–water partition coefficient (Wildman–Crippen LogP) is 1.21. The minimum atomic E-state index is -0.446. The molecule has 1 aromatic rings. The van der Waals surface area contributed by atoms with Crippen LogP contribution in [0.2, 0.25) is 0 Å². The Morgan fingerprint density at radius 2 is 1.79 bits per heavy atom. The average molecular weight is 374 g/mol. The lowest BCUT2D eigenvalue weighted by Crippen LogP contribution is -2.56. The van der Waals surface area contributed by atoms with E-state index >= 15 is 0 Å². The average Bonchev–Trinajstić information content (AvgIpc) is 3.15. The zero-order valence-corrected chi connectivity index (χ0v) is 15.2. The van der Waals surface area contributed by atoms with Crippen molar-refractivity contribution in [2.75, 3.05) is 39.4 Å². The number of halogens is 1. The third-order valence-electron chi connectivity index (χ3n) is 4.71. The van der Waals surface area contributed by atoms with Gasteiger partial charge in [0.1, 0.15) is 0 Å². The summed E-state index contributed by atoms with van der Waals surface area (Å²) in [6.45, 7) is 3.64. The van der Waals surface area contributed by atoms with Gasteiger partial charge >= 0.3 is 0 Å². The molecule has 8 heteroatoms. The smallest absolute Gasteiger partial charge is 0.254 e. The number of nitrogens with two attached hydrogens (primary N) is 1. The van der Waals surface area contributed by atoms with Crippen molar-refractivity contribution in [2.45, 2.75) is 18.9 Å². The summed E-state index contributed by atoms with van der Waals surface area (Å²) in [4.78, 5) is 28.5. The quantitative estimate of drug-likeness (QED) is 0.864. The number of amides is 2. The first-order valence-electron chi connectivity index (χ1n) is 8.10. The van der Waals surface area contributed by atoms with Crippen LogP contribution in [-0.4, -0.2) is 67.0 Å². The van der Waals surface area contributed by atoms with E-state index in [4.69, 9.17) is 10.5 Å². The molecule has 0 aromatic carbocycles. The molecule has 0 saturated carbocycles. The van der Waals surface area contributed by atoms with Gasteiger partial charge in [-0.05, 0) is 30.2 Å². The van der Waals surface area contributed by atoms with E-state index in [1.807, 2.05) is 21.7 Å². The first-order valence-corrected chi connectivity index (χ1v) is 9.04. The van der Waals surface area contributed by atoms with E-state index in [9.17, 15) is 9.59 Å². The molecule has 2 amide bonds. The van der Waals surface area contributed by atoms with Crippen molar-refractivity contribution in [2.24, 2.45) is 11.7 Å². The second kappa shape index (κ2) is 8.80. The fraction of sp³-hybridized carbons (Fsp3) is 0.625. The Labute approximate surface area is 152 Å². The Bertz CT molecular complexity index is 541. The Morgan fingerprint density at radius 3 is 2.38 bits per heavy atom. The molecule has 2 aliphatic heterocycles. The highest BCUT2D eigenvalue weighted by Crippen LogP contribution is 2.20. The SMILES string of the molecule is Cl.NC(C(=O)N1CCN(C(=O)c2ccsc2)CC1)C1CCOCC1. The fourth-order valence-corrected chi connectivity index (χ4v) is 3.82. The van der Waals surface area contributed by atoms with Gasteiger partial charge in [0.25, 0.3) is 5.91 Å². The molecule has 3 heterocycles. The minimum absolute atomic E-state index is 0. The summed E-state index contributed by atoms with van der Waals surface area (Å²) in [5.41, 5.74) is 6.90. The van der Waals surface area contributed by atoms with Gasteiger partial charge in [-0.2, -0.15) is 11.3 Å². The molecular weight excluding hydrogens is 350 g/mol. The van der Waals surface area contributed by atoms with E-state index in [2.05, 4.69) is 0 Å². The van der Waals surface area contributed by atoms with Crippen molar-refractivity contribution in [3.8, 4) is 0 Å². The number of hydrogen-bond acceptors (Lipinski definition) is 5. The summed E-state index contributed by atoms with van der Waals surface area (Å²) in [5.74, 6) is 0.272. The van der Waals surface area contributed by atoms with Gasteiger partial charge in [0, 0.05) is 44.8 Å². The molecule has 0 spiro atoms. The maximum atomic E-state index is 12.6. The molecule has 0 bridgehead atoms. The Hall–Kier alpha value is -1.15. The normalized spacial score (nSPS) is 20.4. The molecule has 0 radical (unpaired) electrons. The van der Waals surface area contributed by atoms with Crippen LogP contribution in [0.5, 0.6) is 0 Å². The van der Waals surface area contributed by atoms with Crippen LogP contribution in [0.15, 0.2) is 16.8 Å². The largest absolute Gasteiger partial charge is 0.381 e. The van der Waals surface area contributed by atoms with Crippen LogP contribution in [0.3, 0.4) is 0 Å². The molecule has 24 heavy (non-hydrogen) atoms. The highest BCUT2D eigenvalue weighted by molar-refractivity contribution is 7.08. The minimum Gasteiger partial charge on any atom is -0.381 e. The van der Waals surface area contributed by atoms with E-state index < -0.39 is 6.04 Å². The lowest BCUT2D eigenvalue weighted by Gasteiger charge is -2.37. The van der Waals surface area contributed by atoms with Crippen LogP contribution in [0, 0.1) is 5.92 Å². The zero-order chi connectivity index (χ0) is 16.2. The molecule has 1 atom stereocenters. The van der Waals surface area contributed by atoms with Gasteiger partial charge in [0.05, 0.1) is 11.6 Å². The van der Waals surface area contributed by atoms with E-state index in [0.717, 1.165) is 18.4 Å². The van der Waals surface area contributed by atoms with Gasteiger partial charge in [-0.1, -0.05) is 0 Å². The van der Waals surface area contributed by atoms with Gasteiger partial charge in [-0.25, -0.2) is 0 Å². The number of ether oxygens (including phenoxy) is 1. The van der Waals surface area contributed by atoms with Crippen LogP contribution in [0.1, 0.15) is 23.2 Å². The van der Waals surface area contributed by atoms with Crippen molar-refractivity contribution in [1.29, 1.82) is 0 Å². The van der Waals surface area contributed by atoms with Crippen molar-refractivity contribution in [3.05, 3.63) is 22.4 Å². The lowest BCUT2D eigenvalue weighted by molar-refractivity contribution is -0.136. The molecule has 6 nitrogen and oxygen atoms in total. The second-order valence-electron chi connectivity index (χ2n) is 6.11. The number of nitrogens with zero attached hydrogens (tertiary/aromatic N) is 2. The highest BCUT2D eigenvalue weighted by Gasteiger charge is 2.32. The van der Waals surface area contributed by atoms with Crippen molar-refractivity contribution < 1.29 is 14.3 Å². The van der Waals surface area contributed by atoms with E-state index in [1.54, 1.807) is 4.90 Å². The third kappa shape index (κ3) is 4.27. The van der Waals surface area contributed by atoms with Gasteiger partial charge in [0.2, 0.25) is 5.91 Å². The second-order valence-corrected chi connectivity index (χ2v) is 6.89. The maximum absolute atomic E-state index is 12.6. The topological polar surface area (TPSA) is 75.9 Å². The molecule has 1 unspecified atom stereocenters. The standard InChI is InChI=1S/C16H23N3O3S.ClH/c17-14(12-1-8-22-9-2-12)16(21)19-6-4-18(5-7-19)15(20)13-3-10-23-11-13;/h3,10-12,14H,1-2,4-9,17H2;1H. The molecule has 2 saturated heterocycles. The van der Waals surface area contributed by atoms with Crippen molar-refractivity contribution in [1.82, 2.24) is 9.80 Å². The summed E-state index contributed by atoms with van der Waals surface area (Å²) in [5, 5.41) is 3.76. The zero-order valence-electron chi connectivity index (χ0n) is 13.6. The lowest BCUT2D eigenvalue weighted by atomic mass is 9.91. The highest BCUT2D eigenvalue weighted by atomic mass is 35.5. The van der Waals surface area contributed by atoms with Crippen LogP contribution in [-0.2, 0) is 9.53 Å². The molecule has 0 aliphatic carbocycles. The monoisotopic (exact) mass is 373 g/mol. The molecular formula is C16H24ClN3O3S. The number of hydrogen-bond donors (Lipinski definition) is 1. The van der Waals surface area contributed by atoms with E-state index in [1.165, 1.54) is 11.3 Å². The van der Waals surface area contributed by atoms with E-state index in [-0.39, 0.29) is 30.1 Å². The fourth-order valence-electron chi connectivity index (χ4n) is 3.19. The molecule has 134 valence electrons. The molecule has 2 N–H and O–H groups in total. The maximum Gasteiger partial charge on any atom is 0.254 e. The van der Waals surface area contributed by atoms with Gasteiger partial charge in [-0.15, -0.1) is 12.4 Å². The van der Waals surface area contributed by atoms with Crippen molar-refractivity contribution in [3.63, 3.8) is 0 Å².